The molecule has 0 aliphatic heterocycles. The number of carbonyl (C=O) groups excluding carboxylic acids is 2. The summed E-state index contributed by atoms with van der Waals surface area (Å²) in [6.45, 7) is 6.55. The third kappa shape index (κ3) is 2.69. The van der Waals surface area contributed by atoms with E-state index in [9.17, 15) is 9.59 Å². The van der Waals surface area contributed by atoms with Crippen LogP contribution in [-0.4, -0.2) is 11.8 Å². The van der Waals surface area contributed by atoms with E-state index in [4.69, 9.17) is 5.73 Å². The van der Waals surface area contributed by atoms with E-state index in [1.54, 1.807) is 0 Å². The highest BCUT2D eigenvalue weighted by Crippen LogP contribution is 2.46. The number of nitrogens with two attached hydrogens (primary N) is 1. The lowest BCUT2D eigenvalue weighted by molar-refractivity contribution is -0.132. The second kappa shape index (κ2) is 5.27. The van der Waals surface area contributed by atoms with Gasteiger partial charge in [0.2, 0.25) is 11.8 Å². The van der Waals surface area contributed by atoms with Crippen LogP contribution in [0.4, 0.5) is 5.69 Å². The second-order valence-corrected chi connectivity index (χ2v) is 6.06. The van der Waals surface area contributed by atoms with Gasteiger partial charge in [-0.3, -0.25) is 9.59 Å². The minimum absolute atomic E-state index is 0.283. The summed E-state index contributed by atoms with van der Waals surface area (Å²) in [4.78, 5) is 23.3. The van der Waals surface area contributed by atoms with E-state index < -0.39 is 11.3 Å². The van der Waals surface area contributed by atoms with Crippen LogP contribution in [0.2, 0.25) is 0 Å². The number of nitrogens with one attached hydrogen (secondary N) is 1. The number of hydrogen-bond acceptors (Lipinski definition) is 2. The van der Waals surface area contributed by atoms with Crippen molar-refractivity contribution in [3.05, 3.63) is 29.8 Å². The van der Waals surface area contributed by atoms with Crippen molar-refractivity contribution in [1.82, 2.24) is 0 Å². The maximum absolute atomic E-state index is 12.1. The van der Waals surface area contributed by atoms with Crippen LogP contribution in [0, 0.1) is 11.3 Å². The van der Waals surface area contributed by atoms with Crippen molar-refractivity contribution in [3.63, 3.8) is 0 Å². The Bertz CT molecular complexity index is 516. The van der Waals surface area contributed by atoms with Crippen molar-refractivity contribution in [2.24, 2.45) is 17.1 Å². The second-order valence-electron chi connectivity index (χ2n) is 6.06. The molecule has 0 spiro atoms. The molecule has 2 amide bonds. The zero-order valence-corrected chi connectivity index (χ0v) is 12.3. The summed E-state index contributed by atoms with van der Waals surface area (Å²) in [5.41, 5.74) is 6.27. The molecule has 0 aromatic heterocycles. The summed E-state index contributed by atoms with van der Waals surface area (Å²) in [5, 5.41) is 2.78. The minimum atomic E-state index is -0.968. The Morgan fingerprint density at radius 3 is 2.10 bits per heavy atom. The lowest BCUT2D eigenvalue weighted by Crippen LogP contribution is -2.36. The van der Waals surface area contributed by atoms with Gasteiger partial charge in [-0.05, 0) is 42.4 Å². The van der Waals surface area contributed by atoms with Gasteiger partial charge in [0, 0.05) is 5.69 Å². The minimum Gasteiger partial charge on any atom is -0.369 e. The maximum Gasteiger partial charge on any atom is 0.240 e. The number of carbonyl (C=O) groups is 2. The normalized spacial score (nSPS) is 17.6. The highest BCUT2D eigenvalue weighted by Gasteiger charge is 2.55. The fourth-order valence-electron chi connectivity index (χ4n) is 2.22. The van der Waals surface area contributed by atoms with Crippen LogP contribution in [0.15, 0.2) is 24.3 Å². The van der Waals surface area contributed by atoms with Gasteiger partial charge in [0.25, 0.3) is 0 Å². The molecule has 0 heterocycles. The topological polar surface area (TPSA) is 72.2 Å². The molecule has 2 rings (SSSR count). The predicted molar refractivity (Wildman–Crippen MR) is 79.2 cm³/mol. The van der Waals surface area contributed by atoms with Crippen LogP contribution < -0.4 is 11.1 Å². The van der Waals surface area contributed by atoms with Gasteiger partial charge in [-0.2, -0.15) is 0 Å². The molecule has 1 atom stereocenters. The van der Waals surface area contributed by atoms with Crippen LogP contribution >= 0.6 is 0 Å². The van der Waals surface area contributed by atoms with Crippen molar-refractivity contribution in [1.29, 1.82) is 0 Å². The third-order valence-electron chi connectivity index (χ3n) is 4.35. The Balaban J connectivity index is 2.05. The first-order valence-corrected chi connectivity index (χ1v) is 7.08. The number of benzene rings is 1. The Hall–Kier alpha value is -1.84. The van der Waals surface area contributed by atoms with E-state index in [2.05, 4.69) is 26.1 Å². The zero-order chi connectivity index (χ0) is 14.9. The monoisotopic (exact) mass is 274 g/mol. The van der Waals surface area contributed by atoms with E-state index in [0.29, 0.717) is 30.4 Å². The van der Waals surface area contributed by atoms with Gasteiger partial charge in [0.1, 0.15) is 5.41 Å². The average Bonchev–Trinajstić information content (AvgIpc) is 3.20. The van der Waals surface area contributed by atoms with Gasteiger partial charge >= 0.3 is 0 Å². The highest BCUT2D eigenvalue weighted by atomic mass is 16.2. The standard InChI is InChI=1S/C16H22N2O2/c1-10(2)11(3)12-4-6-13(7-5-12)18-15(20)16(8-9-16)14(17)19/h4-7,10-11H,8-9H2,1-3H3,(H2,17,19)(H,18,20)/t11-/m1/s1. The van der Waals surface area contributed by atoms with Crippen LogP contribution in [0.25, 0.3) is 0 Å². The molecule has 1 aromatic rings. The van der Waals surface area contributed by atoms with Gasteiger partial charge in [-0.1, -0.05) is 32.9 Å². The Labute approximate surface area is 119 Å². The Kier molecular flexibility index (Phi) is 3.84. The van der Waals surface area contributed by atoms with Gasteiger partial charge < -0.3 is 11.1 Å². The summed E-state index contributed by atoms with van der Waals surface area (Å²) >= 11 is 0. The molecule has 0 saturated heterocycles. The average molecular weight is 274 g/mol. The molecular weight excluding hydrogens is 252 g/mol. The SMILES string of the molecule is CC(C)[C@@H](C)c1ccc(NC(=O)C2(C(N)=O)CC2)cc1. The highest BCUT2D eigenvalue weighted by molar-refractivity contribution is 6.12. The zero-order valence-electron chi connectivity index (χ0n) is 12.3. The number of hydrogen-bond donors (Lipinski definition) is 2. The molecule has 1 aliphatic rings. The molecule has 0 unspecified atom stereocenters. The van der Waals surface area contributed by atoms with Gasteiger partial charge in [0.05, 0.1) is 0 Å². The van der Waals surface area contributed by atoms with Crippen molar-refractivity contribution >= 4 is 17.5 Å². The van der Waals surface area contributed by atoms with Gasteiger partial charge in [-0.25, -0.2) is 0 Å². The lowest BCUT2D eigenvalue weighted by atomic mass is 9.90. The third-order valence-corrected chi connectivity index (χ3v) is 4.35. The van der Waals surface area contributed by atoms with Crippen molar-refractivity contribution in [3.8, 4) is 0 Å². The van der Waals surface area contributed by atoms with Crippen LogP contribution in [0.5, 0.6) is 0 Å². The summed E-state index contributed by atoms with van der Waals surface area (Å²) in [7, 11) is 0. The maximum atomic E-state index is 12.1. The fourth-order valence-corrected chi connectivity index (χ4v) is 2.22. The quantitative estimate of drug-likeness (QED) is 0.810. The Morgan fingerprint density at radius 1 is 1.15 bits per heavy atom. The first kappa shape index (κ1) is 14.6. The van der Waals surface area contributed by atoms with E-state index in [-0.39, 0.29) is 5.91 Å². The number of rotatable bonds is 5. The van der Waals surface area contributed by atoms with Gasteiger partial charge in [0.15, 0.2) is 0 Å². The van der Waals surface area contributed by atoms with Crippen molar-refractivity contribution in [2.75, 3.05) is 5.32 Å². The van der Waals surface area contributed by atoms with Gasteiger partial charge in [-0.15, -0.1) is 0 Å². The van der Waals surface area contributed by atoms with Crippen molar-refractivity contribution in [2.45, 2.75) is 39.5 Å². The molecule has 20 heavy (non-hydrogen) atoms. The van der Waals surface area contributed by atoms with E-state index in [1.165, 1.54) is 5.56 Å². The molecule has 1 aliphatic carbocycles. The summed E-state index contributed by atoms with van der Waals surface area (Å²) < 4.78 is 0. The molecule has 0 bridgehead atoms. The molecule has 1 fully saturated rings. The van der Waals surface area contributed by atoms with E-state index >= 15 is 0 Å². The first-order valence-electron chi connectivity index (χ1n) is 7.08. The van der Waals surface area contributed by atoms with Crippen LogP contribution in [-0.2, 0) is 9.59 Å². The van der Waals surface area contributed by atoms with E-state index in [1.807, 2.05) is 24.3 Å². The lowest BCUT2D eigenvalue weighted by Gasteiger charge is -2.17. The van der Waals surface area contributed by atoms with Crippen LogP contribution in [0.1, 0.15) is 45.1 Å². The molecule has 108 valence electrons. The van der Waals surface area contributed by atoms with Crippen LogP contribution in [0.3, 0.4) is 0 Å². The molecule has 3 N–H and O–H groups in total. The molecule has 4 nitrogen and oxygen atoms in total. The summed E-state index contributed by atoms with van der Waals surface area (Å²) in [6, 6.07) is 7.79. The molecule has 4 heteroatoms. The van der Waals surface area contributed by atoms with E-state index in [0.717, 1.165) is 0 Å². The number of anilines is 1. The predicted octanol–water partition coefficient (Wildman–Crippen LogP) is 2.65. The number of primary amides is 1. The Morgan fingerprint density at radius 2 is 1.70 bits per heavy atom. The molecule has 1 aromatic carbocycles. The fraction of sp³-hybridized carbons (Fsp3) is 0.500. The number of amides is 2. The smallest absolute Gasteiger partial charge is 0.240 e. The molecule has 0 radical (unpaired) electrons. The largest absolute Gasteiger partial charge is 0.369 e. The first-order chi connectivity index (χ1) is 9.36. The molecular formula is C16H22N2O2. The summed E-state index contributed by atoms with van der Waals surface area (Å²) in [5.74, 6) is 0.231. The molecule has 1 saturated carbocycles. The summed E-state index contributed by atoms with van der Waals surface area (Å²) in [6.07, 6.45) is 1.10. The van der Waals surface area contributed by atoms with Crippen molar-refractivity contribution < 1.29 is 9.59 Å².